The molecule has 0 fully saturated rings. The molecule has 3 aromatic rings. The standard InChI is InChI=1S/C23H25NO3/c1-17(27-22-15-7-11-18-9-3-5-13-20(18)22)23(25)24-16-8-12-19-10-4-6-14-21(19)26-2/h3-7,9-11,13-15,17H,8,12,16H2,1-2H3,(H,24,25). The Morgan fingerprint density at radius 1 is 0.963 bits per heavy atom. The van der Waals surface area contributed by atoms with Crippen LogP contribution in [0.4, 0.5) is 0 Å². The van der Waals surface area contributed by atoms with E-state index in [1.165, 1.54) is 0 Å². The Morgan fingerprint density at radius 3 is 2.52 bits per heavy atom. The normalized spacial score (nSPS) is 11.8. The first-order valence-corrected chi connectivity index (χ1v) is 9.23. The molecule has 0 aliphatic heterocycles. The molecule has 4 heteroatoms. The quantitative estimate of drug-likeness (QED) is 0.605. The molecule has 0 aliphatic rings. The van der Waals surface area contributed by atoms with Gasteiger partial charge >= 0.3 is 0 Å². The molecule has 0 spiro atoms. The van der Waals surface area contributed by atoms with Gasteiger partial charge < -0.3 is 14.8 Å². The topological polar surface area (TPSA) is 47.6 Å². The Kier molecular flexibility index (Phi) is 6.31. The van der Waals surface area contributed by atoms with Crippen LogP contribution in [0.25, 0.3) is 10.8 Å². The van der Waals surface area contributed by atoms with Crippen molar-refractivity contribution < 1.29 is 14.3 Å². The van der Waals surface area contributed by atoms with Gasteiger partial charge in [-0.25, -0.2) is 0 Å². The van der Waals surface area contributed by atoms with Gasteiger partial charge in [0.25, 0.3) is 5.91 Å². The van der Waals surface area contributed by atoms with Crippen molar-refractivity contribution in [3.8, 4) is 11.5 Å². The fraction of sp³-hybridized carbons (Fsp3) is 0.261. The van der Waals surface area contributed by atoms with Crippen molar-refractivity contribution in [2.24, 2.45) is 0 Å². The van der Waals surface area contributed by atoms with Crippen LogP contribution in [0.15, 0.2) is 66.7 Å². The van der Waals surface area contributed by atoms with E-state index in [0.717, 1.165) is 40.7 Å². The highest BCUT2D eigenvalue weighted by Crippen LogP contribution is 2.26. The van der Waals surface area contributed by atoms with E-state index in [1.54, 1.807) is 14.0 Å². The second-order valence-corrected chi connectivity index (χ2v) is 6.44. The number of hydrogen-bond donors (Lipinski definition) is 1. The predicted octanol–water partition coefficient (Wildman–Crippen LogP) is 4.36. The number of rotatable bonds is 8. The lowest BCUT2D eigenvalue weighted by molar-refractivity contribution is -0.127. The van der Waals surface area contributed by atoms with E-state index >= 15 is 0 Å². The monoisotopic (exact) mass is 363 g/mol. The second-order valence-electron chi connectivity index (χ2n) is 6.44. The van der Waals surface area contributed by atoms with Crippen LogP contribution in [0.1, 0.15) is 18.9 Å². The smallest absolute Gasteiger partial charge is 0.260 e. The van der Waals surface area contributed by atoms with Crippen LogP contribution in [-0.2, 0) is 11.2 Å². The Balaban J connectivity index is 1.50. The van der Waals surface area contributed by atoms with Crippen LogP contribution >= 0.6 is 0 Å². The number of methoxy groups -OCH3 is 1. The van der Waals surface area contributed by atoms with E-state index < -0.39 is 6.10 Å². The van der Waals surface area contributed by atoms with Gasteiger partial charge in [-0.05, 0) is 42.8 Å². The first-order chi connectivity index (χ1) is 13.2. The Labute approximate surface area is 160 Å². The number of para-hydroxylation sites is 1. The van der Waals surface area contributed by atoms with E-state index in [1.807, 2.05) is 66.7 Å². The highest BCUT2D eigenvalue weighted by Gasteiger charge is 2.15. The highest BCUT2D eigenvalue weighted by atomic mass is 16.5. The van der Waals surface area contributed by atoms with Gasteiger partial charge in [-0.3, -0.25) is 4.79 Å². The van der Waals surface area contributed by atoms with Crippen LogP contribution in [0.5, 0.6) is 11.5 Å². The van der Waals surface area contributed by atoms with Crippen molar-refractivity contribution in [1.82, 2.24) is 5.32 Å². The number of fused-ring (bicyclic) bond motifs is 1. The van der Waals surface area contributed by atoms with Crippen molar-refractivity contribution in [3.05, 3.63) is 72.3 Å². The van der Waals surface area contributed by atoms with Crippen molar-refractivity contribution in [2.45, 2.75) is 25.9 Å². The molecular weight excluding hydrogens is 338 g/mol. The average molecular weight is 363 g/mol. The van der Waals surface area contributed by atoms with Crippen LogP contribution in [-0.4, -0.2) is 25.7 Å². The van der Waals surface area contributed by atoms with E-state index in [2.05, 4.69) is 5.32 Å². The summed E-state index contributed by atoms with van der Waals surface area (Å²) in [5.74, 6) is 1.50. The molecule has 3 aromatic carbocycles. The molecule has 1 amide bonds. The molecule has 0 saturated heterocycles. The fourth-order valence-corrected chi connectivity index (χ4v) is 3.09. The maximum Gasteiger partial charge on any atom is 0.260 e. The third kappa shape index (κ3) is 4.79. The number of nitrogens with one attached hydrogen (secondary N) is 1. The lowest BCUT2D eigenvalue weighted by atomic mass is 10.1. The number of hydrogen-bond acceptors (Lipinski definition) is 3. The van der Waals surface area contributed by atoms with Gasteiger partial charge in [0.05, 0.1) is 7.11 Å². The van der Waals surface area contributed by atoms with Crippen molar-refractivity contribution in [2.75, 3.05) is 13.7 Å². The molecule has 27 heavy (non-hydrogen) atoms. The lowest BCUT2D eigenvalue weighted by Crippen LogP contribution is -2.37. The van der Waals surface area contributed by atoms with Gasteiger partial charge in [-0.1, -0.05) is 54.6 Å². The summed E-state index contributed by atoms with van der Waals surface area (Å²) in [6.45, 7) is 2.37. The zero-order chi connectivity index (χ0) is 19.1. The third-order valence-corrected chi connectivity index (χ3v) is 4.54. The second kappa shape index (κ2) is 9.08. The average Bonchev–Trinajstić information content (AvgIpc) is 2.71. The molecule has 0 radical (unpaired) electrons. The summed E-state index contributed by atoms with van der Waals surface area (Å²) < 4.78 is 11.3. The minimum atomic E-state index is -0.554. The summed E-state index contributed by atoms with van der Waals surface area (Å²) in [6.07, 6.45) is 1.14. The summed E-state index contributed by atoms with van der Waals surface area (Å²) in [5, 5.41) is 5.06. The minimum absolute atomic E-state index is 0.108. The van der Waals surface area contributed by atoms with Crippen molar-refractivity contribution >= 4 is 16.7 Å². The molecule has 0 aliphatic carbocycles. The summed E-state index contributed by atoms with van der Waals surface area (Å²) in [6, 6.07) is 21.8. The maximum atomic E-state index is 12.4. The minimum Gasteiger partial charge on any atom is -0.496 e. The predicted molar refractivity (Wildman–Crippen MR) is 108 cm³/mol. The maximum absolute atomic E-state index is 12.4. The number of carbonyl (C=O) groups excluding carboxylic acids is 1. The third-order valence-electron chi connectivity index (χ3n) is 4.54. The molecule has 3 rings (SSSR count). The summed E-state index contributed by atoms with van der Waals surface area (Å²) in [7, 11) is 1.67. The SMILES string of the molecule is COc1ccccc1CCCNC(=O)C(C)Oc1cccc2ccccc12. The van der Waals surface area contributed by atoms with Crippen molar-refractivity contribution in [1.29, 1.82) is 0 Å². The fourth-order valence-electron chi connectivity index (χ4n) is 3.09. The summed E-state index contributed by atoms with van der Waals surface area (Å²) >= 11 is 0. The van der Waals surface area contributed by atoms with Gasteiger partial charge in [0.2, 0.25) is 0 Å². The molecule has 1 unspecified atom stereocenters. The zero-order valence-corrected chi connectivity index (χ0v) is 15.8. The van der Waals surface area contributed by atoms with E-state index in [9.17, 15) is 4.79 Å². The van der Waals surface area contributed by atoms with E-state index in [-0.39, 0.29) is 5.91 Å². The molecule has 0 heterocycles. The molecule has 4 nitrogen and oxygen atoms in total. The number of benzene rings is 3. The van der Waals surface area contributed by atoms with Gasteiger partial charge in [-0.2, -0.15) is 0 Å². The van der Waals surface area contributed by atoms with Gasteiger partial charge in [0, 0.05) is 11.9 Å². The first kappa shape index (κ1) is 18.8. The summed E-state index contributed by atoms with van der Waals surface area (Å²) in [5.41, 5.74) is 1.15. The Bertz CT molecular complexity index is 902. The largest absolute Gasteiger partial charge is 0.496 e. The molecule has 1 atom stereocenters. The van der Waals surface area contributed by atoms with E-state index in [4.69, 9.17) is 9.47 Å². The number of amides is 1. The molecule has 0 bridgehead atoms. The lowest BCUT2D eigenvalue weighted by Gasteiger charge is -2.16. The van der Waals surface area contributed by atoms with Gasteiger partial charge in [0.1, 0.15) is 11.5 Å². The molecule has 1 N–H and O–H groups in total. The molecule has 0 aromatic heterocycles. The van der Waals surface area contributed by atoms with Crippen molar-refractivity contribution in [3.63, 3.8) is 0 Å². The van der Waals surface area contributed by atoms with Gasteiger partial charge in [-0.15, -0.1) is 0 Å². The van der Waals surface area contributed by atoms with Crippen LogP contribution in [0, 0.1) is 0 Å². The number of carbonyl (C=O) groups is 1. The Morgan fingerprint density at radius 2 is 1.67 bits per heavy atom. The molecule has 0 saturated carbocycles. The zero-order valence-electron chi connectivity index (χ0n) is 15.8. The molecule has 140 valence electrons. The number of aryl methyl sites for hydroxylation is 1. The number of ether oxygens (including phenoxy) is 2. The van der Waals surface area contributed by atoms with E-state index in [0.29, 0.717) is 6.54 Å². The van der Waals surface area contributed by atoms with Crippen LogP contribution < -0.4 is 14.8 Å². The van der Waals surface area contributed by atoms with Crippen LogP contribution in [0.3, 0.4) is 0 Å². The van der Waals surface area contributed by atoms with Gasteiger partial charge in [0.15, 0.2) is 6.10 Å². The van der Waals surface area contributed by atoms with Crippen LogP contribution in [0.2, 0.25) is 0 Å². The molecular formula is C23H25NO3. The first-order valence-electron chi connectivity index (χ1n) is 9.23. The highest BCUT2D eigenvalue weighted by molar-refractivity contribution is 5.89. The summed E-state index contributed by atoms with van der Waals surface area (Å²) in [4.78, 5) is 12.4. The Hall–Kier alpha value is -3.01.